The average Bonchev–Trinajstić information content (AvgIpc) is 3.13. The molecule has 3 rings (SSSR count). The van der Waals surface area contributed by atoms with E-state index in [0.29, 0.717) is 0 Å². The van der Waals surface area contributed by atoms with Gasteiger partial charge in [-0.3, -0.25) is 0 Å². The van der Waals surface area contributed by atoms with Crippen LogP contribution in [-0.2, 0) is 6.42 Å². The van der Waals surface area contributed by atoms with Crippen LogP contribution in [-0.4, -0.2) is 22.4 Å². The summed E-state index contributed by atoms with van der Waals surface area (Å²) in [4.78, 5) is 0. The maximum absolute atomic E-state index is 4.48. The Morgan fingerprint density at radius 2 is 2.25 bits per heavy atom. The highest BCUT2D eigenvalue weighted by atomic mass is 79.9. The topological polar surface area (TPSA) is 29.9 Å². The van der Waals surface area contributed by atoms with Gasteiger partial charge in [0.05, 0.1) is 11.9 Å². The van der Waals surface area contributed by atoms with Crippen molar-refractivity contribution in [3.05, 3.63) is 46.2 Å². The van der Waals surface area contributed by atoms with Crippen LogP contribution in [0.15, 0.2) is 35.1 Å². The summed E-state index contributed by atoms with van der Waals surface area (Å²) in [6.45, 7) is 3.23. The van der Waals surface area contributed by atoms with Crippen molar-refractivity contribution in [1.29, 1.82) is 0 Å². The minimum absolute atomic E-state index is 0.808. The van der Waals surface area contributed by atoms with E-state index >= 15 is 0 Å². The number of aryl methyl sites for hydroxylation is 2. The van der Waals surface area contributed by atoms with Crippen molar-refractivity contribution >= 4 is 15.9 Å². The number of benzene rings is 1. The van der Waals surface area contributed by atoms with E-state index in [1.807, 2.05) is 10.9 Å². The molecule has 0 bridgehead atoms. The highest BCUT2D eigenvalue weighted by molar-refractivity contribution is 9.10. The Labute approximate surface area is 128 Å². The van der Waals surface area contributed by atoms with Gasteiger partial charge < -0.3 is 5.32 Å². The molecule has 0 radical (unpaired) electrons. The Kier molecular flexibility index (Phi) is 4.22. The Balaban J connectivity index is 1.60. The maximum atomic E-state index is 4.48. The SMILES string of the molecule is Cc1cc(Br)ccc1-n1cc(CCCNC2CC2)cn1. The molecule has 1 fully saturated rings. The van der Waals surface area contributed by atoms with Crippen LogP contribution < -0.4 is 5.32 Å². The molecule has 1 aromatic carbocycles. The molecule has 1 N–H and O–H groups in total. The molecule has 0 unspecified atom stereocenters. The van der Waals surface area contributed by atoms with Gasteiger partial charge in [-0.05, 0) is 68.5 Å². The third-order valence-corrected chi connectivity index (χ3v) is 4.19. The summed E-state index contributed by atoms with van der Waals surface area (Å²) in [5.74, 6) is 0. The number of aromatic nitrogens is 2. The average molecular weight is 334 g/mol. The first-order chi connectivity index (χ1) is 9.72. The van der Waals surface area contributed by atoms with Gasteiger partial charge >= 0.3 is 0 Å². The van der Waals surface area contributed by atoms with E-state index < -0.39 is 0 Å². The van der Waals surface area contributed by atoms with Gasteiger partial charge in [-0.25, -0.2) is 4.68 Å². The molecule has 0 saturated heterocycles. The quantitative estimate of drug-likeness (QED) is 0.818. The summed E-state index contributed by atoms with van der Waals surface area (Å²) < 4.78 is 3.09. The zero-order valence-corrected chi connectivity index (χ0v) is 13.4. The standard InChI is InChI=1S/C16H20BrN3/c1-12-9-14(17)4-7-16(12)20-11-13(10-19-20)3-2-8-18-15-5-6-15/h4,7,9-11,15,18H,2-3,5-6,8H2,1H3. The molecule has 1 aliphatic rings. The van der Waals surface area contributed by atoms with Crippen molar-refractivity contribution in [3.63, 3.8) is 0 Å². The molecule has 1 aliphatic carbocycles. The van der Waals surface area contributed by atoms with Crippen molar-refractivity contribution in [2.24, 2.45) is 0 Å². The van der Waals surface area contributed by atoms with E-state index in [2.05, 4.69) is 57.7 Å². The van der Waals surface area contributed by atoms with Crippen LogP contribution in [0.3, 0.4) is 0 Å². The van der Waals surface area contributed by atoms with Crippen LogP contribution in [0.4, 0.5) is 0 Å². The van der Waals surface area contributed by atoms with Crippen LogP contribution >= 0.6 is 15.9 Å². The van der Waals surface area contributed by atoms with Crippen LogP contribution in [0.5, 0.6) is 0 Å². The van der Waals surface area contributed by atoms with Gasteiger partial charge in [0.15, 0.2) is 0 Å². The molecule has 20 heavy (non-hydrogen) atoms. The van der Waals surface area contributed by atoms with Gasteiger partial charge in [0.25, 0.3) is 0 Å². The Bertz CT molecular complexity index is 587. The molecule has 0 atom stereocenters. The maximum Gasteiger partial charge on any atom is 0.0675 e. The lowest BCUT2D eigenvalue weighted by atomic mass is 10.2. The first-order valence-corrected chi connectivity index (χ1v) is 8.05. The van der Waals surface area contributed by atoms with Gasteiger partial charge in [0.2, 0.25) is 0 Å². The fraction of sp³-hybridized carbons (Fsp3) is 0.438. The van der Waals surface area contributed by atoms with Gasteiger partial charge in [0, 0.05) is 16.7 Å². The highest BCUT2D eigenvalue weighted by Crippen LogP contribution is 2.20. The van der Waals surface area contributed by atoms with Crippen LogP contribution in [0, 0.1) is 6.92 Å². The zero-order valence-electron chi connectivity index (χ0n) is 11.8. The molecule has 3 nitrogen and oxygen atoms in total. The minimum Gasteiger partial charge on any atom is -0.314 e. The van der Waals surface area contributed by atoms with Crippen molar-refractivity contribution in [3.8, 4) is 5.69 Å². The van der Waals surface area contributed by atoms with Gasteiger partial charge in [-0.1, -0.05) is 15.9 Å². The predicted octanol–water partition coefficient (Wildman–Crippen LogP) is 3.63. The Hall–Kier alpha value is -1.13. The molecule has 1 aromatic heterocycles. The van der Waals surface area contributed by atoms with E-state index in [9.17, 15) is 0 Å². The number of hydrogen-bond acceptors (Lipinski definition) is 2. The lowest BCUT2D eigenvalue weighted by Gasteiger charge is -2.06. The second-order valence-corrected chi connectivity index (χ2v) is 6.47. The predicted molar refractivity (Wildman–Crippen MR) is 85.3 cm³/mol. The molecule has 1 heterocycles. The van der Waals surface area contributed by atoms with Crippen molar-refractivity contribution in [1.82, 2.24) is 15.1 Å². The van der Waals surface area contributed by atoms with Gasteiger partial charge in [0.1, 0.15) is 0 Å². The monoisotopic (exact) mass is 333 g/mol. The Morgan fingerprint density at radius 3 is 3.00 bits per heavy atom. The molecule has 106 valence electrons. The molecule has 4 heteroatoms. The minimum atomic E-state index is 0.808. The van der Waals surface area contributed by atoms with E-state index in [1.165, 1.54) is 30.4 Å². The third-order valence-electron chi connectivity index (χ3n) is 3.69. The lowest BCUT2D eigenvalue weighted by molar-refractivity contribution is 0.645. The fourth-order valence-corrected chi connectivity index (χ4v) is 2.86. The van der Waals surface area contributed by atoms with Crippen LogP contribution in [0.25, 0.3) is 5.69 Å². The first-order valence-electron chi connectivity index (χ1n) is 7.26. The van der Waals surface area contributed by atoms with Crippen LogP contribution in [0.1, 0.15) is 30.4 Å². The molecule has 1 saturated carbocycles. The summed E-state index contributed by atoms with van der Waals surface area (Å²) in [5.41, 5.74) is 3.69. The summed E-state index contributed by atoms with van der Waals surface area (Å²) in [6, 6.07) is 7.09. The fourth-order valence-electron chi connectivity index (χ4n) is 2.38. The van der Waals surface area contributed by atoms with E-state index in [4.69, 9.17) is 0 Å². The molecule has 0 spiro atoms. The molecular weight excluding hydrogens is 314 g/mol. The normalized spacial score (nSPS) is 14.7. The smallest absolute Gasteiger partial charge is 0.0675 e. The van der Waals surface area contributed by atoms with Gasteiger partial charge in [-0.2, -0.15) is 5.10 Å². The van der Waals surface area contributed by atoms with E-state index in [1.54, 1.807) is 0 Å². The first kappa shape index (κ1) is 13.8. The summed E-state index contributed by atoms with van der Waals surface area (Å²) in [6.07, 6.45) is 9.13. The molecule has 0 amide bonds. The second kappa shape index (κ2) is 6.10. The number of nitrogens with one attached hydrogen (secondary N) is 1. The second-order valence-electron chi connectivity index (χ2n) is 5.56. The Morgan fingerprint density at radius 1 is 1.40 bits per heavy atom. The summed E-state index contributed by atoms with van der Waals surface area (Å²) in [7, 11) is 0. The van der Waals surface area contributed by atoms with Crippen molar-refractivity contribution in [2.75, 3.05) is 6.54 Å². The number of rotatable bonds is 6. The number of halogens is 1. The molecule has 2 aromatic rings. The van der Waals surface area contributed by atoms with Crippen molar-refractivity contribution in [2.45, 2.75) is 38.6 Å². The third kappa shape index (κ3) is 3.49. The molecular formula is C16H20BrN3. The van der Waals surface area contributed by atoms with E-state index in [0.717, 1.165) is 29.2 Å². The van der Waals surface area contributed by atoms with Gasteiger partial charge in [-0.15, -0.1) is 0 Å². The van der Waals surface area contributed by atoms with Crippen molar-refractivity contribution < 1.29 is 0 Å². The lowest BCUT2D eigenvalue weighted by Crippen LogP contribution is -2.17. The largest absolute Gasteiger partial charge is 0.314 e. The molecule has 0 aliphatic heterocycles. The zero-order chi connectivity index (χ0) is 13.9. The highest BCUT2D eigenvalue weighted by Gasteiger charge is 2.19. The number of hydrogen-bond donors (Lipinski definition) is 1. The summed E-state index contributed by atoms with van der Waals surface area (Å²) in [5, 5.41) is 8.03. The number of nitrogens with zero attached hydrogens (tertiary/aromatic N) is 2. The summed E-state index contributed by atoms with van der Waals surface area (Å²) >= 11 is 3.50. The van der Waals surface area contributed by atoms with E-state index in [-0.39, 0.29) is 0 Å². The van der Waals surface area contributed by atoms with Crippen LogP contribution in [0.2, 0.25) is 0 Å².